The van der Waals surface area contributed by atoms with Crippen molar-refractivity contribution in [2.45, 2.75) is 12.2 Å². The zero-order chi connectivity index (χ0) is 11.1. The van der Waals surface area contributed by atoms with Crippen molar-refractivity contribution >= 4 is 29.1 Å². The molecule has 0 aromatic heterocycles. The molecular formula is C11H16ClNOS. The fourth-order valence-corrected chi connectivity index (χ4v) is 2.31. The highest BCUT2D eigenvalue weighted by atomic mass is 35.5. The van der Waals surface area contributed by atoms with Crippen molar-refractivity contribution in [3.63, 3.8) is 0 Å². The topological polar surface area (TPSA) is 35.2 Å². The molecule has 0 saturated heterocycles. The van der Waals surface area contributed by atoms with Crippen molar-refractivity contribution in [3.8, 4) is 0 Å². The van der Waals surface area contributed by atoms with Crippen LogP contribution in [-0.2, 0) is 10.5 Å². The standard InChI is InChI=1S/C11H16ClNOS/c1-14-5-2-6-15-8-9-3-4-10(12)7-11(9)13/h3-4,7H,2,5-6,8,13H2,1H3. The minimum atomic E-state index is 0.695. The second-order valence-electron chi connectivity index (χ2n) is 3.24. The SMILES string of the molecule is COCCCSCc1ccc(Cl)cc1N. The summed E-state index contributed by atoms with van der Waals surface area (Å²) in [5.41, 5.74) is 7.77. The lowest BCUT2D eigenvalue weighted by atomic mass is 10.2. The van der Waals surface area contributed by atoms with Gasteiger partial charge in [0.25, 0.3) is 0 Å². The number of halogens is 1. The highest BCUT2D eigenvalue weighted by Crippen LogP contribution is 2.22. The van der Waals surface area contributed by atoms with E-state index in [2.05, 4.69) is 0 Å². The number of thioether (sulfide) groups is 1. The Morgan fingerprint density at radius 2 is 2.27 bits per heavy atom. The molecule has 0 heterocycles. The van der Waals surface area contributed by atoms with Gasteiger partial charge in [0.05, 0.1) is 0 Å². The van der Waals surface area contributed by atoms with Crippen LogP contribution in [0, 0.1) is 0 Å². The minimum Gasteiger partial charge on any atom is -0.398 e. The molecule has 1 rings (SSSR count). The summed E-state index contributed by atoms with van der Waals surface area (Å²) in [4.78, 5) is 0. The fraction of sp³-hybridized carbons (Fsp3) is 0.455. The lowest BCUT2D eigenvalue weighted by Crippen LogP contribution is -1.94. The number of benzene rings is 1. The van der Waals surface area contributed by atoms with Crippen molar-refractivity contribution in [2.75, 3.05) is 25.2 Å². The second-order valence-corrected chi connectivity index (χ2v) is 4.78. The monoisotopic (exact) mass is 245 g/mol. The Labute approximate surface area is 100 Å². The number of ether oxygens (including phenoxy) is 1. The van der Waals surface area contributed by atoms with Gasteiger partial charge in [0.2, 0.25) is 0 Å². The summed E-state index contributed by atoms with van der Waals surface area (Å²) in [5.74, 6) is 2.03. The maximum Gasteiger partial charge on any atom is 0.0470 e. The Hall–Kier alpha value is -0.380. The van der Waals surface area contributed by atoms with E-state index in [-0.39, 0.29) is 0 Å². The Kier molecular flexibility index (Phi) is 5.91. The zero-order valence-electron chi connectivity index (χ0n) is 8.83. The molecule has 2 nitrogen and oxygen atoms in total. The molecular weight excluding hydrogens is 230 g/mol. The van der Waals surface area contributed by atoms with Gasteiger partial charge in [-0.3, -0.25) is 0 Å². The number of methoxy groups -OCH3 is 1. The van der Waals surface area contributed by atoms with Gasteiger partial charge in [0.1, 0.15) is 0 Å². The first-order chi connectivity index (χ1) is 7.24. The minimum absolute atomic E-state index is 0.695. The van der Waals surface area contributed by atoms with E-state index in [0.29, 0.717) is 5.02 Å². The summed E-state index contributed by atoms with van der Waals surface area (Å²) in [7, 11) is 1.72. The van der Waals surface area contributed by atoms with E-state index in [1.807, 2.05) is 23.9 Å². The molecule has 1 aromatic carbocycles. The molecule has 2 N–H and O–H groups in total. The van der Waals surface area contributed by atoms with Gasteiger partial charge >= 0.3 is 0 Å². The molecule has 0 saturated carbocycles. The molecule has 0 radical (unpaired) electrons. The normalized spacial score (nSPS) is 10.5. The first kappa shape index (κ1) is 12.7. The maximum atomic E-state index is 5.84. The van der Waals surface area contributed by atoms with Crippen LogP contribution in [0.4, 0.5) is 5.69 Å². The van der Waals surface area contributed by atoms with E-state index >= 15 is 0 Å². The number of anilines is 1. The first-order valence-corrected chi connectivity index (χ1v) is 6.38. The molecule has 0 fully saturated rings. The van der Waals surface area contributed by atoms with Crippen LogP contribution in [-0.4, -0.2) is 19.5 Å². The summed E-state index contributed by atoms with van der Waals surface area (Å²) < 4.78 is 4.98. The van der Waals surface area contributed by atoms with Crippen LogP contribution >= 0.6 is 23.4 Å². The molecule has 1 aromatic rings. The highest BCUT2D eigenvalue weighted by Gasteiger charge is 2.00. The Balaban J connectivity index is 2.31. The molecule has 0 spiro atoms. The van der Waals surface area contributed by atoms with E-state index < -0.39 is 0 Å². The van der Waals surface area contributed by atoms with Crippen LogP contribution in [0.15, 0.2) is 18.2 Å². The first-order valence-electron chi connectivity index (χ1n) is 4.84. The second kappa shape index (κ2) is 6.99. The van der Waals surface area contributed by atoms with Crippen LogP contribution in [0.2, 0.25) is 5.02 Å². The van der Waals surface area contributed by atoms with Gasteiger partial charge in [0.15, 0.2) is 0 Å². The Morgan fingerprint density at radius 3 is 2.93 bits per heavy atom. The van der Waals surface area contributed by atoms with Crippen LogP contribution in [0.5, 0.6) is 0 Å². The van der Waals surface area contributed by atoms with E-state index in [9.17, 15) is 0 Å². The van der Waals surface area contributed by atoms with Gasteiger partial charge in [-0.1, -0.05) is 17.7 Å². The summed E-state index contributed by atoms with van der Waals surface area (Å²) >= 11 is 7.68. The number of hydrogen-bond donors (Lipinski definition) is 1. The van der Waals surface area contributed by atoms with E-state index in [4.69, 9.17) is 22.1 Å². The Bertz CT molecular complexity index is 307. The molecule has 0 aliphatic heterocycles. The van der Waals surface area contributed by atoms with Gasteiger partial charge in [0, 0.05) is 30.2 Å². The number of rotatable bonds is 6. The van der Waals surface area contributed by atoms with E-state index in [0.717, 1.165) is 35.8 Å². The van der Waals surface area contributed by atoms with E-state index in [1.165, 1.54) is 0 Å². The third kappa shape index (κ3) is 4.78. The molecule has 0 aliphatic carbocycles. The molecule has 0 unspecified atom stereocenters. The molecule has 15 heavy (non-hydrogen) atoms. The molecule has 84 valence electrons. The molecule has 0 aliphatic rings. The fourth-order valence-electron chi connectivity index (χ4n) is 1.18. The largest absolute Gasteiger partial charge is 0.398 e. The average Bonchev–Trinajstić information content (AvgIpc) is 2.20. The average molecular weight is 246 g/mol. The number of nitrogens with two attached hydrogens (primary N) is 1. The number of nitrogen functional groups attached to an aromatic ring is 1. The summed E-state index contributed by atoms with van der Waals surface area (Å²) in [5, 5.41) is 0.695. The third-order valence-electron chi connectivity index (χ3n) is 2.00. The van der Waals surface area contributed by atoms with Crippen molar-refractivity contribution in [1.29, 1.82) is 0 Å². The highest BCUT2D eigenvalue weighted by molar-refractivity contribution is 7.98. The van der Waals surface area contributed by atoms with Crippen molar-refractivity contribution < 1.29 is 4.74 Å². The molecule has 0 bridgehead atoms. The molecule has 0 amide bonds. The molecule has 4 heteroatoms. The third-order valence-corrected chi connectivity index (χ3v) is 3.33. The lowest BCUT2D eigenvalue weighted by Gasteiger charge is -2.05. The van der Waals surface area contributed by atoms with Gasteiger partial charge < -0.3 is 10.5 Å². The van der Waals surface area contributed by atoms with Crippen molar-refractivity contribution in [2.24, 2.45) is 0 Å². The van der Waals surface area contributed by atoms with Gasteiger partial charge in [-0.2, -0.15) is 11.8 Å². The lowest BCUT2D eigenvalue weighted by molar-refractivity contribution is 0.200. The summed E-state index contributed by atoms with van der Waals surface area (Å²) in [6.45, 7) is 0.823. The quantitative estimate of drug-likeness (QED) is 0.618. The van der Waals surface area contributed by atoms with Crippen molar-refractivity contribution in [1.82, 2.24) is 0 Å². The van der Waals surface area contributed by atoms with Gasteiger partial charge in [-0.15, -0.1) is 0 Å². The van der Waals surface area contributed by atoms with Crippen molar-refractivity contribution in [3.05, 3.63) is 28.8 Å². The van der Waals surface area contributed by atoms with Crippen LogP contribution in [0.1, 0.15) is 12.0 Å². The summed E-state index contributed by atoms with van der Waals surface area (Å²) in [6.07, 6.45) is 1.08. The van der Waals surface area contributed by atoms with Crippen LogP contribution in [0.3, 0.4) is 0 Å². The van der Waals surface area contributed by atoms with Crippen LogP contribution < -0.4 is 5.73 Å². The number of hydrogen-bond acceptors (Lipinski definition) is 3. The van der Waals surface area contributed by atoms with E-state index in [1.54, 1.807) is 13.2 Å². The van der Waals surface area contributed by atoms with Gasteiger partial charge in [-0.25, -0.2) is 0 Å². The molecule has 0 atom stereocenters. The predicted molar refractivity (Wildman–Crippen MR) is 68.5 cm³/mol. The predicted octanol–water partition coefficient (Wildman–Crippen LogP) is 3.19. The van der Waals surface area contributed by atoms with Gasteiger partial charge in [-0.05, 0) is 29.9 Å². The maximum absolute atomic E-state index is 5.84. The zero-order valence-corrected chi connectivity index (χ0v) is 10.4. The summed E-state index contributed by atoms with van der Waals surface area (Å²) in [6, 6.07) is 5.66. The Morgan fingerprint density at radius 1 is 1.47 bits per heavy atom. The smallest absolute Gasteiger partial charge is 0.0470 e. The van der Waals surface area contributed by atoms with Crippen LogP contribution in [0.25, 0.3) is 0 Å².